The van der Waals surface area contributed by atoms with Crippen LogP contribution in [0, 0.1) is 0 Å². The van der Waals surface area contributed by atoms with Crippen molar-refractivity contribution in [3.63, 3.8) is 0 Å². The predicted molar refractivity (Wildman–Crippen MR) is 53.9 cm³/mol. The number of nitrogens with zero attached hydrogens (tertiary/aromatic N) is 1. The summed E-state index contributed by atoms with van der Waals surface area (Å²) < 4.78 is 4.45. The third-order valence-corrected chi connectivity index (χ3v) is 2.63. The van der Waals surface area contributed by atoms with E-state index in [4.69, 9.17) is 5.11 Å². The van der Waals surface area contributed by atoms with Crippen LogP contribution in [0.2, 0.25) is 0 Å². The van der Waals surface area contributed by atoms with Gasteiger partial charge in [0.05, 0.1) is 18.4 Å². The van der Waals surface area contributed by atoms with E-state index < -0.39 is 11.9 Å². The molecule has 0 aromatic carbocycles. The Bertz CT molecular complexity index is 380. The number of pyridine rings is 1. The Morgan fingerprint density at radius 3 is 2.93 bits per heavy atom. The molecule has 0 saturated heterocycles. The molecule has 0 fully saturated rings. The minimum Gasteiger partial charge on any atom is -0.478 e. The van der Waals surface area contributed by atoms with E-state index in [-0.39, 0.29) is 11.3 Å². The van der Waals surface area contributed by atoms with Crippen LogP contribution >= 0.6 is 11.8 Å². The lowest BCUT2D eigenvalue weighted by atomic mass is 10.3. The molecule has 1 aromatic heterocycles. The molecule has 0 atom stereocenters. The zero-order valence-corrected chi connectivity index (χ0v) is 8.78. The normalized spacial score (nSPS) is 9.67. The van der Waals surface area contributed by atoms with Gasteiger partial charge < -0.3 is 9.84 Å². The van der Waals surface area contributed by atoms with Crippen molar-refractivity contribution in [1.82, 2.24) is 4.98 Å². The number of ether oxygens (including phenoxy) is 1. The highest BCUT2D eigenvalue weighted by Gasteiger charge is 2.11. The molecule has 0 radical (unpaired) electrons. The van der Waals surface area contributed by atoms with Crippen molar-refractivity contribution in [2.24, 2.45) is 0 Å². The minimum atomic E-state index is -1.06. The number of rotatable bonds is 4. The van der Waals surface area contributed by atoms with Crippen LogP contribution in [-0.4, -0.2) is 34.9 Å². The number of carboxylic acid groups (broad SMARTS) is 1. The Balaban J connectivity index is 2.76. The summed E-state index contributed by atoms with van der Waals surface area (Å²) in [5.41, 5.74) is 0.0893. The van der Waals surface area contributed by atoms with E-state index in [0.29, 0.717) is 4.90 Å². The monoisotopic (exact) mass is 227 g/mol. The smallest absolute Gasteiger partial charge is 0.338 e. The summed E-state index contributed by atoms with van der Waals surface area (Å²) in [6.45, 7) is 0. The lowest BCUT2D eigenvalue weighted by Crippen LogP contribution is -2.05. The highest BCUT2D eigenvalue weighted by atomic mass is 32.2. The Morgan fingerprint density at radius 2 is 2.33 bits per heavy atom. The number of esters is 1. The molecule has 15 heavy (non-hydrogen) atoms. The standard InChI is InChI=1S/C9H9NO4S/c1-14-8(11)5-15-7-2-3-10-4-6(7)9(12)13/h2-4H,5H2,1H3,(H,12,13). The number of thioether (sulfide) groups is 1. The molecular formula is C9H9NO4S. The van der Waals surface area contributed by atoms with Crippen LogP contribution in [0.15, 0.2) is 23.4 Å². The van der Waals surface area contributed by atoms with Crippen molar-refractivity contribution in [3.05, 3.63) is 24.0 Å². The van der Waals surface area contributed by atoms with Crippen LogP contribution in [0.4, 0.5) is 0 Å². The number of hydrogen-bond donors (Lipinski definition) is 1. The Morgan fingerprint density at radius 1 is 1.60 bits per heavy atom. The number of methoxy groups -OCH3 is 1. The molecule has 0 aliphatic carbocycles. The summed E-state index contributed by atoms with van der Waals surface area (Å²) >= 11 is 1.11. The molecule has 5 nitrogen and oxygen atoms in total. The van der Waals surface area contributed by atoms with E-state index in [0.717, 1.165) is 11.8 Å². The highest BCUT2D eigenvalue weighted by Crippen LogP contribution is 2.21. The highest BCUT2D eigenvalue weighted by molar-refractivity contribution is 8.00. The van der Waals surface area contributed by atoms with Crippen molar-refractivity contribution in [2.45, 2.75) is 4.90 Å². The maximum atomic E-state index is 10.9. The zero-order valence-electron chi connectivity index (χ0n) is 7.97. The van der Waals surface area contributed by atoms with Gasteiger partial charge in [-0.15, -0.1) is 11.8 Å². The maximum absolute atomic E-state index is 10.9. The molecule has 0 unspecified atom stereocenters. The molecule has 1 aromatic rings. The van der Waals surface area contributed by atoms with Crippen molar-refractivity contribution in [2.75, 3.05) is 12.9 Å². The number of aromatic carboxylic acids is 1. The Labute approximate surface area is 90.5 Å². The topological polar surface area (TPSA) is 76.5 Å². The molecule has 0 aliphatic rings. The Hall–Kier alpha value is -1.56. The summed E-state index contributed by atoms with van der Waals surface area (Å²) in [4.78, 5) is 25.8. The van der Waals surface area contributed by atoms with E-state index in [1.807, 2.05) is 0 Å². The van der Waals surface area contributed by atoms with E-state index in [1.54, 1.807) is 6.07 Å². The zero-order chi connectivity index (χ0) is 11.3. The molecule has 80 valence electrons. The minimum absolute atomic E-state index is 0.0841. The Kier molecular flexibility index (Phi) is 4.11. The lowest BCUT2D eigenvalue weighted by Gasteiger charge is -2.03. The van der Waals surface area contributed by atoms with E-state index >= 15 is 0 Å². The van der Waals surface area contributed by atoms with E-state index in [2.05, 4.69) is 9.72 Å². The first-order valence-electron chi connectivity index (χ1n) is 4.02. The first-order valence-corrected chi connectivity index (χ1v) is 5.00. The summed E-state index contributed by atoms with van der Waals surface area (Å²) in [6.07, 6.45) is 2.73. The van der Waals surface area contributed by atoms with Gasteiger partial charge in [0, 0.05) is 17.3 Å². The SMILES string of the molecule is COC(=O)CSc1ccncc1C(=O)O. The number of carboxylic acids is 1. The average Bonchev–Trinajstić information content (AvgIpc) is 2.26. The van der Waals surface area contributed by atoms with Crippen molar-refractivity contribution in [1.29, 1.82) is 0 Å². The van der Waals surface area contributed by atoms with Gasteiger partial charge >= 0.3 is 11.9 Å². The summed E-state index contributed by atoms with van der Waals surface area (Å²) in [7, 11) is 1.29. The molecule has 0 amide bonds. The first-order chi connectivity index (χ1) is 7.15. The van der Waals surface area contributed by atoms with Gasteiger partial charge in [-0.25, -0.2) is 4.79 Å². The number of hydrogen-bond acceptors (Lipinski definition) is 5. The summed E-state index contributed by atoms with van der Waals surface area (Å²) in [5, 5.41) is 8.82. The molecule has 1 heterocycles. The van der Waals surface area contributed by atoms with Crippen LogP contribution in [0.3, 0.4) is 0 Å². The third kappa shape index (κ3) is 3.25. The third-order valence-electron chi connectivity index (χ3n) is 1.58. The second kappa shape index (κ2) is 5.35. The summed E-state index contributed by atoms with van der Waals surface area (Å²) in [5.74, 6) is -1.37. The molecule has 1 rings (SSSR count). The molecule has 0 saturated carbocycles. The van der Waals surface area contributed by atoms with Gasteiger partial charge in [-0.3, -0.25) is 9.78 Å². The van der Waals surface area contributed by atoms with Gasteiger partial charge in [0.15, 0.2) is 0 Å². The van der Waals surface area contributed by atoms with E-state index in [9.17, 15) is 9.59 Å². The number of carbonyl (C=O) groups excluding carboxylic acids is 1. The van der Waals surface area contributed by atoms with Crippen molar-refractivity contribution >= 4 is 23.7 Å². The molecule has 1 N–H and O–H groups in total. The van der Waals surface area contributed by atoms with Gasteiger partial charge in [0.1, 0.15) is 0 Å². The van der Waals surface area contributed by atoms with Crippen LogP contribution in [0.5, 0.6) is 0 Å². The first kappa shape index (κ1) is 11.5. The average molecular weight is 227 g/mol. The fourth-order valence-corrected chi connectivity index (χ4v) is 1.71. The maximum Gasteiger partial charge on any atom is 0.338 e. The summed E-state index contributed by atoms with van der Waals surface area (Å²) in [6, 6.07) is 1.55. The van der Waals surface area contributed by atoms with Crippen LogP contribution in [0.25, 0.3) is 0 Å². The number of carbonyl (C=O) groups is 2. The molecule has 6 heteroatoms. The van der Waals surface area contributed by atoms with Gasteiger partial charge in [0.2, 0.25) is 0 Å². The van der Waals surface area contributed by atoms with Gasteiger partial charge in [0.25, 0.3) is 0 Å². The van der Waals surface area contributed by atoms with Crippen molar-refractivity contribution < 1.29 is 19.4 Å². The van der Waals surface area contributed by atoms with Crippen molar-refractivity contribution in [3.8, 4) is 0 Å². The van der Waals surface area contributed by atoms with Gasteiger partial charge in [-0.05, 0) is 6.07 Å². The quantitative estimate of drug-likeness (QED) is 0.612. The van der Waals surface area contributed by atoms with Crippen LogP contribution < -0.4 is 0 Å². The van der Waals surface area contributed by atoms with E-state index in [1.165, 1.54) is 19.5 Å². The van der Waals surface area contributed by atoms with Crippen LogP contribution in [0.1, 0.15) is 10.4 Å². The van der Waals surface area contributed by atoms with Crippen LogP contribution in [-0.2, 0) is 9.53 Å². The molecule has 0 spiro atoms. The fourth-order valence-electron chi connectivity index (χ4n) is 0.864. The predicted octanol–water partition coefficient (Wildman–Crippen LogP) is 1.04. The second-order valence-corrected chi connectivity index (χ2v) is 3.56. The van der Waals surface area contributed by atoms with Gasteiger partial charge in [-0.2, -0.15) is 0 Å². The molecule has 0 aliphatic heterocycles. The lowest BCUT2D eigenvalue weighted by molar-refractivity contribution is -0.137. The fraction of sp³-hybridized carbons (Fsp3) is 0.222. The number of aromatic nitrogens is 1. The van der Waals surface area contributed by atoms with Gasteiger partial charge in [-0.1, -0.05) is 0 Å². The molecule has 0 bridgehead atoms. The molecular weight excluding hydrogens is 218 g/mol. The largest absolute Gasteiger partial charge is 0.478 e. The second-order valence-electron chi connectivity index (χ2n) is 2.54.